The van der Waals surface area contributed by atoms with Gasteiger partial charge in [-0.05, 0) is 17.2 Å². The third-order valence-electron chi connectivity index (χ3n) is 1.66. The van der Waals surface area contributed by atoms with Crippen molar-refractivity contribution in [2.24, 2.45) is 0 Å². The third-order valence-corrected chi connectivity index (χ3v) is 6.38. The van der Waals surface area contributed by atoms with Crippen LogP contribution in [0.1, 0.15) is 6.92 Å². The Hall–Kier alpha value is -0.640. The van der Waals surface area contributed by atoms with Crippen molar-refractivity contribution in [3.63, 3.8) is 0 Å². The second-order valence-electron chi connectivity index (χ2n) is 2.84. The average molecular weight is 307 g/mol. The zero-order valence-electron chi connectivity index (χ0n) is 8.78. The zero-order chi connectivity index (χ0) is 12.3. The van der Waals surface area contributed by atoms with Gasteiger partial charge >= 0.3 is 0 Å². The number of nitrogens with one attached hydrogen (secondary N) is 1. The predicted octanol–water partition coefficient (Wildman–Crippen LogP) is 2.51. The van der Waals surface area contributed by atoms with E-state index in [0.717, 1.165) is 10.1 Å². The highest BCUT2D eigenvalue weighted by Crippen LogP contribution is 2.27. The summed E-state index contributed by atoms with van der Waals surface area (Å²) >= 11 is 3.94. The number of sulfonamides is 1. The summed E-state index contributed by atoms with van der Waals surface area (Å²) in [5.41, 5.74) is 0. The molecule has 92 valence electrons. The molecule has 0 saturated carbocycles. The Morgan fingerprint density at radius 3 is 2.94 bits per heavy atom. The molecule has 0 unspecified atom stereocenters. The van der Waals surface area contributed by atoms with E-state index in [1.165, 1.54) is 34.4 Å². The number of anilines is 1. The summed E-state index contributed by atoms with van der Waals surface area (Å²) < 4.78 is 27.2. The van der Waals surface area contributed by atoms with E-state index in [1.807, 2.05) is 6.92 Å². The van der Waals surface area contributed by atoms with Crippen molar-refractivity contribution in [2.45, 2.75) is 15.5 Å². The summed E-state index contributed by atoms with van der Waals surface area (Å²) in [6.45, 7) is 2.00. The van der Waals surface area contributed by atoms with E-state index < -0.39 is 10.0 Å². The molecule has 0 bridgehead atoms. The number of nitrogens with zero attached hydrogens (tertiary/aromatic N) is 2. The van der Waals surface area contributed by atoms with E-state index in [4.69, 9.17) is 0 Å². The van der Waals surface area contributed by atoms with Crippen LogP contribution in [-0.4, -0.2) is 24.4 Å². The molecule has 2 rings (SSSR count). The third kappa shape index (κ3) is 3.18. The molecule has 0 atom stereocenters. The van der Waals surface area contributed by atoms with Crippen molar-refractivity contribution in [2.75, 3.05) is 10.5 Å². The number of hydrogen-bond acceptors (Lipinski definition) is 7. The maximum absolute atomic E-state index is 11.9. The van der Waals surface area contributed by atoms with Crippen LogP contribution in [0.2, 0.25) is 0 Å². The molecule has 0 spiro atoms. The second kappa shape index (κ2) is 5.34. The van der Waals surface area contributed by atoms with Gasteiger partial charge in [-0.3, -0.25) is 4.72 Å². The van der Waals surface area contributed by atoms with Crippen molar-refractivity contribution in [1.29, 1.82) is 0 Å². The molecule has 2 heterocycles. The lowest BCUT2D eigenvalue weighted by Crippen LogP contribution is -2.11. The topological polar surface area (TPSA) is 72.0 Å². The van der Waals surface area contributed by atoms with Crippen LogP contribution in [0.3, 0.4) is 0 Å². The van der Waals surface area contributed by atoms with Crippen LogP contribution >= 0.6 is 34.4 Å². The van der Waals surface area contributed by atoms with E-state index in [-0.39, 0.29) is 4.21 Å². The molecular formula is C8H9N3O2S4. The van der Waals surface area contributed by atoms with Gasteiger partial charge in [0.15, 0.2) is 4.34 Å². The van der Waals surface area contributed by atoms with Gasteiger partial charge in [-0.1, -0.05) is 36.1 Å². The molecule has 0 aliphatic heterocycles. The van der Waals surface area contributed by atoms with Gasteiger partial charge in [0.05, 0.1) is 0 Å². The molecule has 0 aliphatic rings. The van der Waals surface area contributed by atoms with Gasteiger partial charge in [-0.25, -0.2) is 8.42 Å². The fourth-order valence-corrected chi connectivity index (χ4v) is 4.89. The lowest BCUT2D eigenvalue weighted by molar-refractivity contribution is 0.603. The van der Waals surface area contributed by atoms with Crippen molar-refractivity contribution in [1.82, 2.24) is 10.2 Å². The van der Waals surface area contributed by atoms with Crippen LogP contribution < -0.4 is 4.72 Å². The van der Waals surface area contributed by atoms with Crippen LogP contribution in [0.4, 0.5) is 5.13 Å². The van der Waals surface area contributed by atoms with Crippen molar-refractivity contribution in [3.8, 4) is 0 Å². The fraction of sp³-hybridized carbons (Fsp3) is 0.250. The van der Waals surface area contributed by atoms with Crippen molar-refractivity contribution < 1.29 is 8.42 Å². The Bertz CT molecular complexity index is 576. The molecule has 0 amide bonds. The summed E-state index contributed by atoms with van der Waals surface area (Å²) in [6, 6.07) is 3.24. The van der Waals surface area contributed by atoms with Gasteiger partial charge in [-0.15, -0.1) is 21.5 Å². The highest BCUT2D eigenvalue weighted by atomic mass is 32.2. The van der Waals surface area contributed by atoms with Gasteiger partial charge in [0, 0.05) is 0 Å². The molecule has 1 N–H and O–H groups in total. The first-order chi connectivity index (χ1) is 8.12. The highest BCUT2D eigenvalue weighted by Gasteiger charge is 2.17. The maximum atomic E-state index is 11.9. The van der Waals surface area contributed by atoms with Gasteiger partial charge in [0.25, 0.3) is 10.0 Å². The second-order valence-corrected chi connectivity index (χ2v) is 8.19. The number of hydrogen-bond donors (Lipinski definition) is 1. The van der Waals surface area contributed by atoms with Gasteiger partial charge in [0.2, 0.25) is 5.13 Å². The maximum Gasteiger partial charge on any atom is 0.273 e. The number of rotatable bonds is 5. The van der Waals surface area contributed by atoms with Gasteiger partial charge in [0.1, 0.15) is 4.21 Å². The Morgan fingerprint density at radius 1 is 1.47 bits per heavy atom. The monoisotopic (exact) mass is 307 g/mol. The lowest BCUT2D eigenvalue weighted by Gasteiger charge is -2.00. The van der Waals surface area contributed by atoms with E-state index >= 15 is 0 Å². The Morgan fingerprint density at radius 2 is 2.29 bits per heavy atom. The normalized spacial score (nSPS) is 11.6. The number of thiophene rings is 1. The SMILES string of the molecule is CCSc1nnc(NS(=O)(=O)c2cccs2)s1. The molecule has 0 aliphatic carbocycles. The average Bonchev–Trinajstić information content (AvgIpc) is 2.88. The molecule has 9 heteroatoms. The van der Waals surface area contributed by atoms with Crippen LogP contribution in [-0.2, 0) is 10.0 Å². The summed E-state index contributed by atoms with van der Waals surface area (Å²) in [6.07, 6.45) is 0. The van der Waals surface area contributed by atoms with Crippen LogP contribution in [0.25, 0.3) is 0 Å². The number of thioether (sulfide) groups is 1. The molecule has 17 heavy (non-hydrogen) atoms. The van der Waals surface area contributed by atoms with Crippen molar-refractivity contribution >= 4 is 49.6 Å². The number of aromatic nitrogens is 2. The zero-order valence-corrected chi connectivity index (χ0v) is 12.0. The van der Waals surface area contributed by atoms with Crippen LogP contribution in [0, 0.1) is 0 Å². The minimum absolute atomic E-state index is 0.275. The summed E-state index contributed by atoms with van der Waals surface area (Å²) in [5, 5.41) is 9.69. The summed E-state index contributed by atoms with van der Waals surface area (Å²) in [5.74, 6) is 0.881. The summed E-state index contributed by atoms with van der Waals surface area (Å²) in [7, 11) is -3.50. The molecule has 5 nitrogen and oxygen atoms in total. The predicted molar refractivity (Wildman–Crippen MR) is 71.4 cm³/mol. The first kappa shape index (κ1) is 12.8. The van der Waals surface area contributed by atoms with Gasteiger partial charge in [-0.2, -0.15) is 0 Å². The molecule has 2 aromatic heterocycles. The minimum Gasteiger partial charge on any atom is -0.252 e. The Balaban J connectivity index is 2.15. The van der Waals surface area contributed by atoms with Crippen LogP contribution in [0.5, 0.6) is 0 Å². The lowest BCUT2D eigenvalue weighted by atomic mass is 10.7. The largest absolute Gasteiger partial charge is 0.273 e. The van der Waals surface area contributed by atoms with E-state index in [0.29, 0.717) is 5.13 Å². The molecule has 0 saturated heterocycles. The van der Waals surface area contributed by atoms with Crippen molar-refractivity contribution in [3.05, 3.63) is 17.5 Å². The van der Waals surface area contributed by atoms with E-state index in [1.54, 1.807) is 17.5 Å². The molecule has 0 radical (unpaired) electrons. The standard InChI is InChI=1S/C8H9N3O2S4/c1-2-14-8-10-9-7(16-8)11-17(12,13)6-4-3-5-15-6/h3-5H,2H2,1H3,(H,9,11). The minimum atomic E-state index is -3.50. The molecule has 0 aromatic carbocycles. The smallest absolute Gasteiger partial charge is 0.252 e. The van der Waals surface area contributed by atoms with Crippen LogP contribution in [0.15, 0.2) is 26.1 Å². The quantitative estimate of drug-likeness (QED) is 0.859. The van der Waals surface area contributed by atoms with E-state index in [9.17, 15) is 8.42 Å². The molecule has 0 fully saturated rings. The Labute approximate surface area is 111 Å². The summed E-state index contributed by atoms with van der Waals surface area (Å²) in [4.78, 5) is 0. The first-order valence-electron chi connectivity index (χ1n) is 4.64. The van der Waals surface area contributed by atoms with Gasteiger partial charge < -0.3 is 0 Å². The molecule has 2 aromatic rings. The highest BCUT2D eigenvalue weighted by molar-refractivity contribution is 8.01. The Kier molecular flexibility index (Phi) is 4.02. The first-order valence-corrected chi connectivity index (χ1v) is 8.81. The molecular weight excluding hydrogens is 298 g/mol. The fourth-order valence-electron chi connectivity index (χ4n) is 1.01. The van der Waals surface area contributed by atoms with E-state index in [2.05, 4.69) is 14.9 Å².